The average molecular weight is 927 g/mol. The van der Waals surface area contributed by atoms with Gasteiger partial charge < -0.3 is 9.80 Å². The Balaban J connectivity index is 1.17. The van der Waals surface area contributed by atoms with Crippen LogP contribution in [-0.4, -0.2) is 6.04 Å². The van der Waals surface area contributed by atoms with Crippen LogP contribution in [0, 0.1) is 41.5 Å². The highest BCUT2D eigenvalue weighted by atomic mass is 15.2. The molecule has 0 heterocycles. The second-order valence-corrected chi connectivity index (χ2v) is 20.8. The van der Waals surface area contributed by atoms with E-state index in [1.54, 1.807) is 0 Å². The summed E-state index contributed by atoms with van der Waals surface area (Å²) >= 11 is 0. The Hall–Kier alpha value is -8.20. The Kier molecular flexibility index (Phi) is 10.2. The number of benzene rings is 10. The largest absolute Gasteiger partial charge is 0.334 e. The fourth-order valence-electron chi connectivity index (χ4n) is 12.3. The van der Waals surface area contributed by atoms with Crippen molar-refractivity contribution in [3.63, 3.8) is 0 Å². The van der Waals surface area contributed by atoms with Crippen LogP contribution in [0.3, 0.4) is 0 Å². The molecule has 0 N–H and O–H groups in total. The van der Waals surface area contributed by atoms with Crippen LogP contribution in [0.2, 0.25) is 0 Å². The van der Waals surface area contributed by atoms with Gasteiger partial charge in [-0.1, -0.05) is 151 Å². The summed E-state index contributed by atoms with van der Waals surface area (Å²) in [6.45, 7) is 17.8. The highest BCUT2D eigenvalue weighted by Crippen LogP contribution is 2.57. The minimum absolute atomic E-state index is 0.170. The zero-order valence-electron chi connectivity index (χ0n) is 42.6. The summed E-state index contributed by atoms with van der Waals surface area (Å²) in [7, 11) is 0. The predicted molar refractivity (Wildman–Crippen MR) is 312 cm³/mol. The first kappa shape index (κ1) is 43.8. The van der Waals surface area contributed by atoms with E-state index >= 15 is 0 Å². The van der Waals surface area contributed by atoms with E-state index in [0.29, 0.717) is 0 Å². The van der Waals surface area contributed by atoms with Gasteiger partial charge in [0.1, 0.15) is 0 Å². The molecule has 0 spiro atoms. The van der Waals surface area contributed by atoms with Crippen molar-refractivity contribution in [3.8, 4) is 22.3 Å². The lowest BCUT2D eigenvalue weighted by Gasteiger charge is -2.35. The minimum atomic E-state index is 0.170. The van der Waals surface area contributed by atoms with Gasteiger partial charge in [-0.25, -0.2) is 0 Å². The van der Waals surface area contributed by atoms with Gasteiger partial charge in [-0.15, -0.1) is 0 Å². The van der Waals surface area contributed by atoms with Crippen LogP contribution >= 0.6 is 0 Å². The highest BCUT2D eigenvalue weighted by Gasteiger charge is 2.31. The number of rotatable bonds is 8. The zero-order valence-corrected chi connectivity index (χ0v) is 42.6. The molecule has 12 aromatic carbocycles. The van der Waals surface area contributed by atoms with E-state index in [-0.39, 0.29) is 6.04 Å². The second kappa shape index (κ2) is 16.7. The summed E-state index contributed by atoms with van der Waals surface area (Å²) in [6, 6.07) is 67.3. The lowest BCUT2D eigenvalue weighted by Crippen LogP contribution is -2.31. The van der Waals surface area contributed by atoms with Gasteiger partial charge in [0.2, 0.25) is 0 Å². The van der Waals surface area contributed by atoms with Crippen molar-refractivity contribution in [1.29, 1.82) is 0 Å². The third-order valence-electron chi connectivity index (χ3n) is 16.6. The second-order valence-electron chi connectivity index (χ2n) is 20.8. The van der Waals surface area contributed by atoms with E-state index in [1.165, 1.54) is 148 Å². The SMILES string of the molecule is CC1=CCC(N(c2ccc(C)c(C)c2)c2ccc3c4c(-c5ccccc5)c5c6cccc7c(N(c8ccc(C)c(C)c8)c8ccc(C)c(C)c8)ccc(c5c(-c5ccccc5)c4c4cccc2c43)c76)C=C1C. The number of fused-ring (bicyclic) bond motifs is 6. The smallest absolute Gasteiger partial charge is 0.0562 e. The summed E-state index contributed by atoms with van der Waals surface area (Å²) in [6.07, 6.45) is 5.86. The van der Waals surface area contributed by atoms with Crippen molar-refractivity contribution in [2.45, 2.75) is 67.9 Å². The van der Waals surface area contributed by atoms with E-state index < -0.39 is 0 Å². The van der Waals surface area contributed by atoms with E-state index in [1.807, 2.05) is 0 Å². The molecule has 1 unspecified atom stereocenters. The van der Waals surface area contributed by atoms with Gasteiger partial charge in [-0.05, 0) is 220 Å². The molecule has 12 aromatic rings. The summed E-state index contributed by atoms with van der Waals surface area (Å²) in [5, 5.41) is 15.6. The molecule has 13 rings (SSSR count). The van der Waals surface area contributed by atoms with Gasteiger partial charge in [0.05, 0.1) is 11.7 Å². The standard InChI is InChI=1S/C70H58N2/c1-41-25-29-51(37-45(41)5)71(52-30-26-42(2)46(6)38-52)61-35-33-59-65-55(61)21-15-23-57(65)67-63(49-17-11-9-12-18-49)70-60-34-36-62(72(53-31-27-43(3)47(7)39-53)54-32-28-44(4)48(8)40-54)56-22-16-24-58(66(56)60)68(70)64(69(59)67)50-19-13-10-14-20-50/h9-31,33-40,54H,32H2,1-8H3. The van der Waals surface area contributed by atoms with Crippen LogP contribution < -0.4 is 9.80 Å². The molecule has 0 radical (unpaired) electrons. The molecule has 2 heteroatoms. The Bertz CT molecular complexity index is 4060. The van der Waals surface area contributed by atoms with E-state index in [2.05, 4.69) is 253 Å². The van der Waals surface area contributed by atoms with Gasteiger partial charge in [0.25, 0.3) is 0 Å². The topological polar surface area (TPSA) is 6.48 Å². The van der Waals surface area contributed by atoms with Gasteiger partial charge in [0.15, 0.2) is 0 Å². The van der Waals surface area contributed by atoms with E-state index in [4.69, 9.17) is 0 Å². The summed E-state index contributed by atoms with van der Waals surface area (Å²) in [5.74, 6) is 0. The zero-order chi connectivity index (χ0) is 49.1. The molecule has 72 heavy (non-hydrogen) atoms. The number of allylic oxidation sites excluding steroid dienone is 2. The maximum atomic E-state index is 2.62. The Labute approximate surface area is 423 Å². The van der Waals surface area contributed by atoms with Gasteiger partial charge >= 0.3 is 0 Å². The molecule has 0 saturated heterocycles. The fraction of sp³-hybridized carbons (Fsp3) is 0.143. The van der Waals surface area contributed by atoms with Crippen LogP contribution in [0.15, 0.2) is 199 Å². The van der Waals surface area contributed by atoms with Crippen molar-refractivity contribution in [2.75, 3.05) is 9.80 Å². The number of aryl methyl sites for hydroxylation is 6. The maximum absolute atomic E-state index is 2.62. The first-order valence-corrected chi connectivity index (χ1v) is 25.7. The molecule has 0 amide bonds. The number of nitrogens with zero attached hydrogens (tertiary/aromatic N) is 2. The van der Waals surface area contributed by atoms with Crippen LogP contribution in [-0.2, 0) is 0 Å². The van der Waals surface area contributed by atoms with Gasteiger partial charge in [-0.2, -0.15) is 0 Å². The third kappa shape index (κ3) is 6.62. The lowest BCUT2D eigenvalue weighted by atomic mass is 9.87. The van der Waals surface area contributed by atoms with Gasteiger partial charge in [-0.3, -0.25) is 0 Å². The summed E-state index contributed by atoms with van der Waals surface area (Å²) in [4.78, 5) is 5.10. The molecule has 1 aliphatic rings. The molecule has 348 valence electrons. The highest BCUT2D eigenvalue weighted by molar-refractivity contribution is 6.47. The van der Waals surface area contributed by atoms with Gasteiger partial charge in [0, 0.05) is 33.5 Å². The summed E-state index contributed by atoms with van der Waals surface area (Å²) in [5.41, 5.74) is 21.5. The van der Waals surface area contributed by atoms with Crippen LogP contribution in [0.1, 0.15) is 53.6 Å². The van der Waals surface area contributed by atoms with Crippen LogP contribution in [0.4, 0.5) is 28.4 Å². The predicted octanol–water partition coefficient (Wildman–Crippen LogP) is 19.9. The Morgan fingerprint density at radius 3 is 1.22 bits per heavy atom. The summed E-state index contributed by atoms with van der Waals surface area (Å²) < 4.78 is 0. The molecule has 0 bridgehead atoms. The third-order valence-corrected chi connectivity index (χ3v) is 16.6. The normalized spacial score (nSPS) is 14.1. The Morgan fingerprint density at radius 1 is 0.333 bits per heavy atom. The molecular weight excluding hydrogens is 869 g/mol. The fourth-order valence-corrected chi connectivity index (χ4v) is 12.3. The molecule has 0 aliphatic heterocycles. The quantitative estimate of drug-likeness (QED) is 0.150. The first-order valence-electron chi connectivity index (χ1n) is 25.7. The molecule has 0 aromatic heterocycles. The first-order chi connectivity index (χ1) is 35.0. The van der Waals surface area contributed by atoms with Crippen molar-refractivity contribution in [1.82, 2.24) is 0 Å². The molecule has 0 fully saturated rings. The molecular formula is C70H58N2. The van der Waals surface area contributed by atoms with Crippen molar-refractivity contribution in [2.24, 2.45) is 0 Å². The van der Waals surface area contributed by atoms with Crippen molar-refractivity contribution >= 4 is 93.1 Å². The lowest BCUT2D eigenvalue weighted by molar-refractivity contribution is 0.772. The van der Waals surface area contributed by atoms with Crippen molar-refractivity contribution in [3.05, 3.63) is 233 Å². The number of hydrogen-bond donors (Lipinski definition) is 0. The monoisotopic (exact) mass is 926 g/mol. The number of hydrogen-bond acceptors (Lipinski definition) is 2. The molecule has 1 atom stereocenters. The molecule has 0 saturated carbocycles. The van der Waals surface area contributed by atoms with Crippen molar-refractivity contribution < 1.29 is 0 Å². The Morgan fingerprint density at radius 2 is 0.750 bits per heavy atom. The average Bonchev–Trinajstić information content (AvgIpc) is 3.91. The van der Waals surface area contributed by atoms with Crippen LogP contribution in [0.25, 0.3) is 86.9 Å². The van der Waals surface area contributed by atoms with E-state index in [9.17, 15) is 0 Å². The minimum Gasteiger partial charge on any atom is -0.334 e. The number of anilines is 5. The molecule has 2 nitrogen and oxygen atoms in total. The van der Waals surface area contributed by atoms with Crippen LogP contribution in [0.5, 0.6) is 0 Å². The maximum Gasteiger partial charge on any atom is 0.0562 e. The van der Waals surface area contributed by atoms with E-state index in [0.717, 1.165) is 17.8 Å². The molecule has 1 aliphatic carbocycles.